The number of aliphatic hydroxyl groups excluding tert-OH is 2. The molecular weight excluding hydrogens is 391 g/mol. The molecule has 3 aliphatic carbocycles. The molecule has 10 heteroatoms. The number of H-pyrrole nitrogens is 1. The Morgan fingerprint density at radius 2 is 1.90 bits per heavy atom. The van der Waals surface area contributed by atoms with Crippen molar-refractivity contribution in [3.63, 3.8) is 0 Å². The molecule has 1 aliphatic heterocycles. The number of rotatable bonds is 2. The average Bonchev–Trinajstić information content (AvgIpc) is 3.35. The van der Waals surface area contributed by atoms with Crippen LogP contribution in [0.5, 0.6) is 0 Å². The molecule has 3 fully saturated rings. The van der Waals surface area contributed by atoms with Crippen molar-refractivity contribution in [1.29, 1.82) is 0 Å². The van der Waals surface area contributed by atoms with Gasteiger partial charge in [-0.25, -0.2) is 18.0 Å². The zero-order valence-corrected chi connectivity index (χ0v) is 15.7. The summed E-state index contributed by atoms with van der Waals surface area (Å²) < 4.78 is 44.3. The first kappa shape index (κ1) is 18.9. The summed E-state index contributed by atoms with van der Waals surface area (Å²) in [5, 5.41) is 20.5. The number of nitrogens with one attached hydrogen (secondary N) is 1. The molecule has 2 heterocycles. The topological polar surface area (TPSA) is 98.6 Å². The molecule has 1 saturated heterocycles. The number of nitrogens with zero attached hydrogens (tertiary/aromatic N) is 2. The Labute approximate surface area is 162 Å². The molecule has 5 rings (SSSR count). The Hall–Kier alpha value is -2.07. The van der Waals surface area contributed by atoms with Crippen LogP contribution in [0.1, 0.15) is 32.2 Å². The summed E-state index contributed by atoms with van der Waals surface area (Å²) in [4.78, 5) is 28.5. The lowest BCUT2D eigenvalue weighted by Crippen LogP contribution is -2.61. The molecule has 1 aromatic heterocycles. The van der Waals surface area contributed by atoms with Crippen molar-refractivity contribution in [3.8, 4) is 0 Å². The normalized spacial score (nSPS) is 36.4. The van der Waals surface area contributed by atoms with Crippen LogP contribution in [0.2, 0.25) is 0 Å². The number of likely N-dealkylation sites (tertiary alicyclic amines) is 1. The Balaban J connectivity index is 1.64. The number of aromatic amines is 1. The molecule has 0 aromatic carbocycles. The van der Waals surface area contributed by atoms with E-state index in [4.69, 9.17) is 0 Å². The average molecular weight is 413 g/mol. The van der Waals surface area contributed by atoms with Gasteiger partial charge in [-0.15, -0.1) is 0 Å². The van der Waals surface area contributed by atoms with Gasteiger partial charge in [0.05, 0.1) is 11.4 Å². The number of alkyl halides is 3. The third-order valence-electron chi connectivity index (χ3n) is 6.95. The maximum Gasteiger partial charge on any atom is 0.329 e. The van der Waals surface area contributed by atoms with Crippen molar-refractivity contribution < 1.29 is 23.4 Å². The second-order valence-corrected chi connectivity index (χ2v) is 8.79. The van der Waals surface area contributed by atoms with Crippen LogP contribution >= 0.6 is 0 Å². The molecule has 29 heavy (non-hydrogen) atoms. The summed E-state index contributed by atoms with van der Waals surface area (Å²) in [6, 6.07) is -1.11. The summed E-state index contributed by atoms with van der Waals surface area (Å²) in [7, 11) is 0. The molecule has 3 N–H and O–H groups in total. The first-order valence-electron chi connectivity index (χ1n) is 9.84. The monoisotopic (exact) mass is 413 g/mol. The summed E-state index contributed by atoms with van der Waals surface area (Å²) in [6.07, 6.45) is -2.69. The van der Waals surface area contributed by atoms with Crippen LogP contribution in [0, 0.1) is 11.8 Å². The highest BCUT2D eigenvalue weighted by Gasteiger charge is 2.59. The van der Waals surface area contributed by atoms with Crippen LogP contribution in [-0.2, 0) is 0 Å². The van der Waals surface area contributed by atoms with E-state index in [0.717, 1.165) is 12.8 Å². The minimum atomic E-state index is -3.15. The van der Waals surface area contributed by atoms with Crippen molar-refractivity contribution >= 4 is 11.3 Å². The molecule has 158 valence electrons. The Kier molecular flexibility index (Phi) is 3.90. The largest absolute Gasteiger partial charge is 0.508 e. The number of hydrogen-bond acceptors (Lipinski definition) is 5. The van der Waals surface area contributed by atoms with Gasteiger partial charge in [-0.3, -0.25) is 19.2 Å². The third-order valence-corrected chi connectivity index (χ3v) is 6.95. The van der Waals surface area contributed by atoms with Crippen LogP contribution in [0.15, 0.2) is 9.59 Å². The lowest BCUT2D eigenvalue weighted by molar-refractivity contribution is -0.101. The van der Waals surface area contributed by atoms with E-state index in [2.05, 4.69) is 4.98 Å². The van der Waals surface area contributed by atoms with E-state index in [9.17, 15) is 28.6 Å². The van der Waals surface area contributed by atoms with E-state index in [1.165, 1.54) is 4.57 Å². The summed E-state index contributed by atoms with van der Waals surface area (Å²) in [6.45, 7) is 1.82. The van der Waals surface area contributed by atoms with Crippen LogP contribution in [0.3, 0.4) is 0 Å². The van der Waals surface area contributed by atoms with E-state index in [1.807, 2.05) is 0 Å². The van der Waals surface area contributed by atoms with Crippen molar-refractivity contribution in [2.45, 2.75) is 56.5 Å². The second kappa shape index (κ2) is 5.98. The highest BCUT2D eigenvalue weighted by atomic mass is 19.3. The van der Waals surface area contributed by atoms with Crippen molar-refractivity contribution in [1.82, 2.24) is 14.5 Å². The summed E-state index contributed by atoms with van der Waals surface area (Å²) >= 11 is 0. The molecule has 1 aromatic rings. The van der Waals surface area contributed by atoms with Gasteiger partial charge in [-0.2, -0.15) is 0 Å². The van der Waals surface area contributed by atoms with E-state index in [1.54, 1.807) is 11.8 Å². The lowest BCUT2D eigenvalue weighted by Gasteiger charge is -2.34. The second-order valence-electron chi connectivity index (χ2n) is 8.79. The molecule has 0 radical (unpaired) electrons. The van der Waals surface area contributed by atoms with Gasteiger partial charge in [0.15, 0.2) is 6.17 Å². The molecule has 5 unspecified atom stereocenters. The van der Waals surface area contributed by atoms with Crippen molar-refractivity contribution in [3.05, 3.63) is 31.4 Å². The summed E-state index contributed by atoms with van der Waals surface area (Å²) in [5.74, 6) is -5.05. The lowest BCUT2D eigenvalue weighted by atomic mass is 9.94. The highest BCUT2D eigenvalue weighted by Crippen LogP contribution is 2.48. The first-order valence-corrected chi connectivity index (χ1v) is 9.84. The smallest absolute Gasteiger partial charge is 0.329 e. The fourth-order valence-corrected chi connectivity index (χ4v) is 5.48. The van der Waals surface area contributed by atoms with E-state index < -0.39 is 59.5 Å². The van der Waals surface area contributed by atoms with Crippen LogP contribution in [0.25, 0.3) is 11.3 Å². The number of fused-ring (bicyclic) bond motifs is 2. The highest BCUT2D eigenvalue weighted by molar-refractivity contribution is 5.60. The Morgan fingerprint density at radius 3 is 2.52 bits per heavy atom. The standard InChI is InChI=1S/C19H22F3N3O4/c1-7-13-11(17(28)23-18(29)25(13)9-2-3-9)15(26)12(20)14(7)24-5-8-4-19(21,22)16(27)10(8)6-24/h8-10,12,14,16,26-27H,2-6H2,1H3,(H,23,28,29). The van der Waals surface area contributed by atoms with Gasteiger partial charge >= 0.3 is 5.69 Å². The van der Waals surface area contributed by atoms with Gasteiger partial charge in [0, 0.05) is 31.5 Å². The van der Waals surface area contributed by atoms with Crippen molar-refractivity contribution in [2.75, 3.05) is 13.1 Å². The molecule has 7 nitrogen and oxygen atoms in total. The van der Waals surface area contributed by atoms with Crippen LogP contribution < -0.4 is 21.8 Å². The first-order chi connectivity index (χ1) is 13.6. The molecule has 0 spiro atoms. The molecule has 4 aliphatic rings. The predicted octanol–water partition coefficient (Wildman–Crippen LogP) is -0.623. The van der Waals surface area contributed by atoms with E-state index in [-0.39, 0.29) is 29.7 Å². The number of aromatic nitrogens is 2. The Bertz CT molecular complexity index is 1120. The minimum absolute atomic E-state index is 0.0588. The maximum absolute atomic E-state index is 15.3. The number of halogens is 3. The maximum atomic E-state index is 15.3. The SMILES string of the molecule is CC1=c2c(c(=O)[nH]c(=O)n2C2CC2)=C(O)C(F)C1N1CC2CC(F)(F)C(O)C2C1. The van der Waals surface area contributed by atoms with Gasteiger partial charge in [0.2, 0.25) is 0 Å². The molecule has 0 bridgehead atoms. The van der Waals surface area contributed by atoms with Crippen LogP contribution in [-0.4, -0.2) is 62.0 Å². The fraction of sp³-hybridized carbons (Fsp3) is 0.684. The van der Waals surface area contributed by atoms with Gasteiger partial charge in [0.25, 0.3) is 11.5 Å². The van der Waals surface area contributed by atoms with E-state index in [0.29, 0.717) is 5.57 Å². The van der Waals surface area contributed by atoms with Gasteiger partial charge in [0.1, 0.15) is 17.1 Å². The zero-order valence-electron chi connectivity index (χ0n) is 15.7. The Morgan fingerprint density at radius 1 is 1.21 bits per heavy atom. The number of hydrogen-bond donors (Lipinski definition) is 3. The zero-order chi connectivity index (χ0) is 20.8. The van der Waals surface area contributed by atoms with E-state index >= 15 is 4.39 Å². The fourth-order valence-electron chi connectivity index (χ4n) is 5.48. The molecule has 5 atom stereocenters. The quantitative estimate of drug-likeness (QED) is 0.600. The van der Waals surface area contributed by atoms with Crippen molar-refractivity contribution in [2.24, 2.45) is 11.8 Å². The van der Waals surface area contributed by atoms with Gasteiger partial charge in [-0.1, -0.05) is 0 Å². The molecular formula is C19H22F3N3O4. The predicted molar refractivity (Wildman–Crippen MR) is 96.8 cm³/mol. The number of aliphatic hydroxyl groups is 2. The minimum Gasteiger partial charge on any atom is -0.508 e. The molecule has 0 amide bonds. The van der Waals surface area contributed by atoms with Gasteiger partial charge in [-0.05, 0) is 31.3 Å². The summed E-state index contributed by atoms with van der Waals surface area (Å²) in [5.41, 5.74) is -1.03. The van der Waals surface area contributed by atoms with Crippen LogP contribution in [0.4, 0.5) is 13.2 Å². The van der Waals surface area contributed by atoms with Gasteiger partial charge < -0.3 is 10.2 Å². The third kappa shape index (κ3) is 2.58. The molecule has 2 saturated carbocycles.